The Kier molecular flexibility index (Phi) is 7.70. The number of nitrogens with two attached hydrogens (primary N) is 1. The van der Waals surface area contributed by atoms with Gasteiger partial charge in [0.05, 0.1) is 0 Å². The number of hydrogen-bond acceptors (Lipinski definition) is 2. The van der Waals surface area contributed by atoms with E-state index >= 15 is 0 Å². The first-order chi connectivity index (χ1) is 7.15. The molecular formula is C11H16ClIN2O. The lowest BCUT2D eigenvalue weighted by atomic mass is 10.1. The normalized spacial score (nSPS) is 9.44. The van der Waals surface area contributed by atoms with Gasteiger partial charge in [0, 0.05) is 15.7 Å². The molecule has 0 saturated heterocycles. The summed E-state index contributed by atoms with van der Waals surface area (Å²) < 4.78 is 1.11. The van der Waals surface area contributed by atoms with Gasteiger partial charge in [-0.15, -0.1) is 12.4 Å². The van der Waals surface area contributed by atoms with E-state index in [-0.39, 0.29) is 18.3 Å². The van der Waals surface area contributed by atoms with Crippen molar-refractivity contribution in [1.82, 2.24) is 5.32 Å². The van der Waals surface area contributed by atoms with Crippen LogP contribution in [0.3, 0.4) is 0 Å². The third-order valence-electron chi connectivity index (χ3n) is 2.10. The SMILES string of the molecule is Cc1ccc(C(=O)NCCCN)cc1I.Cl. The van der Waals surface area contributed by atoms with E-state index in [0.29, 0.717) is 18.7 Å². The lowest BCUT2D eigenvalue weighted by Crippen LogP contribution is -2.26. The molecule has 0 spiro atoms. The molecule has 0 bridgehead atoms. The number of aryl methyl sites for hydroxylation is 1. The molecule has 1 amide bonds. The highest BCUT2D eigenvalue weighted by Gasteiger charge is 2.05. The second-order valence-electron chi connectivity index (χ2n) is 3.36. The van der Waals surface area contributed by atoms with E-state index < -0.39 is 0 Å². The van der Waals surface area contributed by atoms with Gasteiger partial charge in [0.2, 0.25) is 0 Å². The quantitative estimate of drug-likeness (QED) is 0.643. The van der Waals surface area contributed by atoms with Crippen LogP contribution in [0.25, 0.3) is 0 Å². The molecule has 3 N–H and O–H groups in total. The van der Waals surface area contributed by atoms with E-state index in [4.69, 9.17) is 5.73 Å². The standard InChI is InChI=1S/C11H15IN2O.ClH/c1-8-3-4-9(7-10(8)12)11(15)14-6-2-5-13;/h3-4,7H,2,5-6,13H2,1H3,(H,14,15);1H. The van der Waals surface area contributed by atoms with Crippen LogP contribution < -0.4 is 11.1 Å². The van der Waals surface area contributed by atoms with Crippen molar-refractivity contribution >= 4 is 40.9 Å². The van der Waals surface area contributed by atoms with Crippen molar-refractivity contribution in [2.75, 3.05) is 13.1 Å². The second kappa shape index (κ2) is 7.86. The van der Waals surface area contributed by atoms with Gasteiger partial charge >= 0.3 is 0 Å². The van der Waals surface area contributed by atoms with Gasteiger partial charge in [-0.25, -0.2) is 0 Å². The number of nitrogens with one attached hydrogen (secondary N) is 1. The number of carbonyl (C=O) groups is 1. The number of hydrogen-bond donors (Lipinski definition) is 2. The van der Waals surface area contributed by atoms with Gasteiger partial charge in [-0.1, -0.05) is 6.07 Å². The zero-order valence-corrected chi connectivity index (χ0v) is 12.1. The predicted octanol–water partition coefficient (Wildman–Crippen LogP) is 2.10. The zero-order chi connectivity index (χ0) is 11.3. The smallest absolute Gasteiger partial charge is 0.251 e. The third kappa shape index (κ3) is 4.67. The van der Waals surface area contributed by atoms with Gasteiger partial charge in [-0.3, -0.25) is 4.79 Å². The van der Waals surface area contributed by atoms with Crippen molar-refractivity contribution in [3.8, 4) is 0 Å². The first kappa shape index (κ1) is 15.7. The van der Waals surface area contributed by atoms with Crippen molar-refractivity contribution in [1.29, 1.82) is 0 Å². The summed E-state index contributed by atoms with van der Waals surface area (Å²) >= 11 is 2.23. The molecule has 0 saturated carbocycles. The number of halogens is 2. The second-order valence-corrected chi connectivity index (χ2v) is 4.52. The van der Waals surface area contributed by atoms with Crippen molar-refractivity contribution in [2.24, 2.45) is 5.73 Å². The fraction of sp³-hybridized carbons (Fsp3) is 0.364. The Labute approximate surface area is 116 Å². The van der Waals surface area contributed by atoms with E-state index in [9.17, 15) is 4.79 Å². The molecule has 0 aliphatic heterocycles. The van der Waals surface area contributed by atoms with Crippen LogP contribution in [0.1, 0.15) is 22.3 Å². The van der Waals surface area contributed by atoms with Gasteiger partial charge in [0.25, 0.3) is 5.91 Å². The maximum atomic E-state index is 11.6. The van der Waals surface area contributed by atoms with Crippen LogP contribution in [-0.4, -0.2) is 19.0 Å². The Hall–Kier alpha value is -0.330. The van der Waals surface area contributed by atoms with E-state index in [1.807, 2.05) is 25.1 Å². The number of carbonyl (C=O) groups excluding carboxylic acids is 1. The molecular weight excluding hydrogens is 338 g/mol. The van der Waals surface area contributed by atoms with Crippen molar-refractivity contribution in [3.63, 3.8) is 0 Å². The summed E-state index contributed by atoms with van der Waals surface area (Å²) in [6, 6.07) is 5.70. The lowest BCUT2D eigenvalue weighted by molar-refractivity contribution is 0.0953. The molecule has 0 atom stereocenters. The largest absolute Gasteiger partial charge is 0.352 e. The van der Waals surface area contributed by atoms with Crippen LogP contribution in [0.5, 0.6) is 0 Å². The van der Waals surface area contributed by atoms with Gasteiger partial charge < -0.3 is 11.1 Å². The first-order valence-corrected chi connectivity index (χ1v) is 5.97. The summed E-state index contributed by atoms with van der Waals surface area (Å²) in [6.07, 6.45) is 0.814. The summed E-state index contributed by atoms with van der Waals surface area (Å²) in [5.41, 5.74) is 7.24. The molecule has 1 aromatic rings. The highest BCUT2D eigenvalue weighted by atomic mass is 127. The zero-order valence-electron chi connectivity index (χ0n) is 9.13. The van der Waals surface area contributed by atoms with E-state index in [0.717, 1.165) is 9.99 Å². The number of rotatable bonds is 4. The van der Waals surface area contributed by atoms with Crippen LogP contribution in [0.4, 0.5) is 0 Å². The predicted molar refractivity (Wildman–Crippen MR) is 77.1 cm³/mol. The van der Waals surface area contributed by atoms with Crippen LogP contribution >= 0.6 is 35.0 Å². The molecule has 5 heteroatoms. The summed E-state index contributed by atoms with van der Waals surface area (Å²) in [4.78, 5) is 11.6. The maximum Gasteiger partial charge on any atom is 0.251 e. The molecule has 1 rings (SSSR count). The van der Waals surface area contributed by atoms with Crippen LogP contribution in [0.15, 0.2) is 18.2 Å². The molecule has 0 radical (unpaired) electrons. The minimum absolute atomic E-state index is 0. The van der Waals surface area contributed by atoms with Gasteiger partial charge in [-0.2, -0.15) is 0 Å². The molecule has 0 heterocycles. The maximum absolute atomic E-state index is 11.6. The highest BCUT2D eigenvalue weighted by Crippen LogP contribution is 2.13. The molecule has 0 aliphatic rings. The van der Waals surface area contributed by atoms with Gasteiger partial charge in [-0.05, 0) is 60.2 Å². The van der Waals surface area contributed by atoms with E-state index in [2.05, 4.69) is 27.9 Å². The summed E-state index contributed by atoms with van der Waals surface area (Å²) in [7, 11) is 0. The lowest BCUT2D eigenvalue weighted by Gasteiger charge is -2.05. The number of benzene rings is 1. The first-order valence-electron chi connectivity index (χ1n) is 4.89. The van der Waals surface area contributed by atoms with Crippen LogP contribution in [-0.2, 0) is 0 Å². The average Bonchev–Trinajstić information content (AvgIpc) is 2.22. The Bertz CT molecular complexity index is 358. The molecule has 0 fully saturated rings. The highest BCUT2D eigenvalue weighted by molar-refractivity contribution is 14.1. The minimum Gasteiger partial charge on any atom is -0.352 e. The van der Waals surface area contributed by atoms with Crippen molar-refractivity contribution in [2.45, 2.75) is 13.3 Å². The summed E-state index contributed by atoms with van der Waals surface area (Å²) in [5, 5.41) is 2.82. The molecule has 0 aliphatic carbocycles. The van der Waals surface area contributed by atoms with Crippen molar-refractivity contribution in [3.05, 3.63) is 32.9 Å². The Morgan fingerprint density at radius 2 is 2.19 bits per heavy atom. The molecule has 16 heavy (non-hydrogen) atoms. The van der Waals surface area contributed by atoms with Crippen molar-refractivity contribution < 1.29 is 4.79 Å². The molecule has 90 valence electrons. The van der Waals surface area contributed by atoms with Crippen LogP contribution in [0, 0.1) is 10.5 Å². The molecule has 0 unspecified atom stereocenters. The summed E-state index contributed by atoms with van der Waals surface area (Å²) in [5.74, 6) is -0.0265. The van der Waals surface area contributed by atoms with Gasteiger partial charge in [0.1, 0.15) is 0 Å². The monoisotopic (exact) mass is 354 g/mol. The van der Waals surface area contributed by atoms with E-state index in [1.165, 1.54) is 5.56 Å². The minimum atomic E-state index is -0.0265. The molecule has 1 aromatic carbocycles. The fourth-order valence-electron chi connectivity index (χ4n) is 1.14. The Morgan fingerprint density at radius 1 is 1.50 bits per heavy atom. The molecule has 0 aromatic heterocycles. The molecule has 3 nitrogen and oxygen atoms in total. The van der Waals surface area contributed by atoms with E-state index in [1.54, 1.807) is 0 Å². The Balaban J connectivity index is 0.00000225. The number of amides is 1. The third-order valence-corrected chi connectivity index (χ3v) is 3.26. The van der Waals surface area contributed by atoms with Crippen LogP contribution in [0.2, 0.25) is 0 Å². The summed E-state index contributed by atoms with van der Waals surface area (Å²) in [6.45, 7) is 3.27. The fourth-order valence-corrected chi connectivity index (χ4v) is 1.66. The topological polar surface area (TPSA) is 55.1 Å². The van der Waals surface area contributed by atoms with Gasteiger partial charge in [0.15, 0.2) is 0 Å². The average molecular weight is 355 g/mol. The Morgan fingerprint density at radius 3 is 2.75 bits per heavy atom.